The summed E-state index contributed by atoms with van der Waals surface area (Å²) in [5, 5.41) is 0. The number of fused-ring (bicyclic) bond motifs is 3. The molecule has 0 saturated carbocycles. The third-order valence-electron chi connectivity index (χ3n) is 5.01. The zero-order valence-electron chi connectivity index (χ0n) is 13.9. The van der Waals surface area contributed by atoms with E-state index >= 15 is 0 Å². The molecule has 1 radical (unpaired) electrons. The van der Waals surface area contributed by atoms with Crippen LogP contribution in [0.4, 0.5) is 0 Å². The Morgan fingerprint density at radius 2 is 1.20 bits per heavy atom. The van der Waals surface area contributed by atoms with Crippen LogP contribution >= 0.6 is 0 Å². The van der Waals surface area contributed by atoms with Gasteiger partial charge in [0.1, 0.15) is 0 Å². The fourth-order valence-corrected chi connectivity index (χ4v) is 3.69. The summed E-state index contributed by atoms with van der Waals surface area (Å²) in [6.07, 6.45) is 0.981. The molecule has 0 atom stereocenters. The Balaban J connectivity index is 1.63. The van der Waals surface area contributed by atoms with E-state index < -0.39 is 0 Å². The molecule has 25 heavy (non-hydrogen) atoms. The lowest BCUT2D eigenvalue weighted by Crippen LogP contribution is -1.83. The van der Waals surface area contributed by atoms with Crippen LogP contribution < -0.4 is 0 Å². The average molecular weight is 317 g/mol. The van der Waals surface area contributed by atoms with E-state index in [1.807, 2.05) is 0 Å². The molecule has 0 saturated heterocycles. The molecule has 0 unspecified atom stereocenters. The van der Waals surface area contributed by atoms with Crippen molar-refractivity contribution in [3.63, 3.8) is 0 Å². The summed E-state index contributed by atoms with van der Waals surface area (Å²) in [4.78, 5) is 0. The van der Waals surface area contributed by atoms with Crippen LogP contribution in [0.5, 0.6) is 0 Å². The fraction of sp³-hybridized carbons (Fsp3) is 0.0400. The highest BCUT2D eigenvalue weighted by Crippen LogP contribution is 2.40. The van der Waals surface area contributed by atoms with Crippen molar-refractivity contribution < 1.29 is 0 Å². The van der Waals surface area contributed by atoms with Crippen molar-refractivity contribution in [1.29, 1.82) is 0 Å². The normalized spacial score (nSPS) is 11.8. The monoisotopic (exact) mass is 317 g/mol. The van der Waals surface area contributed by atoms with Gasteiger partial charge in [0, 0.05) is 0 Å². The maximum atomic E-state index is 3.52. The lowest BCUT2D eigenvalue weighted by molar-refractivity contribution is 1.26. The predicted molar refractivity (Wildman–Crippen MR) is 104 cm³/mol. The summed E-state index contributed by atoms with van der Waals surface area (Å²) in [5.74, 6) is 0. The van der Waals surface area contributed by atoms with Gasteiger partial charge in [-0.25, -0.2) is 0 Å². The molecule has 5 rings (SSSR count). The van der Waals surface area contributed by atoms with Gasteiger partial charge in [0.25, 0.3) is 0 Å². The minimum Gasteiger partial charge on any atom is -0.0622 e. The lowest BCUT2D eigenvalue weighted by Gasteiger charge is -2.08. The van der Waals surface area contributed by atoms with E-state index in [0.717, 1.165) is 6.42 Å². The van der Waals surface area contributed by atoms with Crippen molar-refractivity contribution >= 4 is 0 Å². The SMILES string of the molecule is [c]1cc(-c2ccccc2)cc2c1Cc1ccc(-c3ccccc3)cc1-2. The molecule has 4 aromatic carbocycles. The van der Waals surface area contributed by atoms with Crippen LogP contribution in [-0.4, -0.2) is 0 Å². The topological polar surface area (TPSA) is 0 Å². The molecule has 4 aromatic rings. The first kappa shape index (κ1) is 14.2. The Kier molecular flexibility index (Phi) is 3.28. The molecule has 0 aromatic heterocycles. The maximum Gasteiger partial charge on any atom is -0.000727 e. The summed E-state index contributed by atoms with van der Waals surface area (Å²) in [5.41, 5.74) is 10.4. The molecule has 1 aliphatic rings. The molecule has 0 aliphatic heterocycles. The minimum absolute atomic E-state index is 0.981. The van der Waals surface area contributed by atoms with Gasteiger partial charge in [-0.05, 0) is 75.2 Å². The quantitative estimate of drug-likeness (QED) is 0.354. The molecule has 0 spiro atoms. The summed E-state index contributed by atoms with van der Waals surface area (Å²) in [7, 11) is 0. The van der Waals surface area contributed by atoms with Crippen LogP contribution in [0.25, 0.3) is 33.4 Å². The molecule has 0 amide bonds. The van der Waals surface area contributed by atoms with E-state index in [1.165, 1.54) is 44.5 Å². The molecular weight excluding hydrogens is 300 g/mol. The van der Waals surface area contributed by atoms with Crippen LogP contribution in [0.15, 0.2) is 91.0 Å². The van der Waals surface area contributed by atoms with Crippen LogP contribution in [-0.2, 0) is 6.42 Å². The van der Waals surface area contributed by atoms with Crippen LogP contribution in [0.2, 0.25) is 0 Å². The molecule has 0 fully saturated rings. The smallest absolute Gasteiger partial charge is 0.000727 e. The van der Waals surface area contributed by atoms with Gasteiger partial charge in [0.05, 0.1) is 0 Å². The van der Waals surface area contributed by atoms with Gasteiger partial charge >= 0.3 is 0 Å². The van der Waals surface area contributed by atoms with Crippen LogP contribution in [0.3, 0.4) is 0 Å². The fourth-order valence-electron chi connectivity index (χ4n) is 3.69. The van der Waals surface area contributed by atoms with E-state index in [-0.39, 0.29) is 0 Å². The first-order chi connectivity index (χ1) is 12.4. The molecule has 117 valence electrons. The zero-order chi connectivity index (χ0) is 16.6. The average Bonchev–Trinajstić information content (AvgIpc) is 3.06. The van der Waals surface area contributed by atoms with Gasteiger partial charge in [0.2, 0.25) is 0 Å². The van der Waals surface area contributed by atoms with Crippen molar-refractivity contribution in [2.24, 2.45) is 0 Å². The molecule has 1 aliphatic carbocycles. The Labute approximate surface area is 148 Å². The van der Waals surface area contributed by atoms with E-state index in [9.17, 15) is 0 Å². The van der Waals surface area contributed by atoms with E-state index in [4.69, 9.17) is 0 Å². The van der Waals surface area contributed by atoms with Gasteiger partial charge in [-0.2, -0.15) is 0 Å². The maximum absolute atomic E-state index is 3.52. The standard InChI is InChI=1S/C25H17/c1-3-7-18(8-4-1)20-11-13-22-15-23-14-12-21(17-25(23)24(22)16-20)19-9-5-2-6-10-19/h1-13,16-17H,15H2. The van der Waals surface area contributed by atoms with Crippen LogP contribution in [0, 0.1) is 6.07 Å². The Hall–Kier alpha value is -3.12. The second-order valence-corrected chi connectivity index (χ2v) is 6.56. The highest BCUT2D eigenvalue weighted by Gasteiger charge is 2.19. The summed E-state index contributed by atoms with van der Waals surface area (Å²) in [6.45, 7) is 0. The Bertz CT molecular complexity index is 957. The number of hydrogen-bond donors (Lipinski definition) is 0. The molecule has 0 N–H and O–H groups in total. The van der Waals surface area contributed by atoms with Gasteiger partial charge < -0.3 is 0 Å². The van der Waals surface area contributed by atoms with Gasteiger partial charge in [-0.1, -0.05) is 72.8 Å². The third-order valence-corrected chi connectivity index (χ3v) is 5.01. The molecule has 0 bridgehead atoms. The van der Waals surface area contributed by atoms with E-state index in [0.29, 0.717) is 0 Å². The van der Waals surface area contributed by atoms with E-state index in [1.54, 1.807) is 0 Å². The van der Waals surface area contributed by atoms with E-state index in [2.05, 4.69) is 97.1 Å². The van der Waals surface area contributed by atoms with Crippen molar-refractivity contribution in [1.82, 2.24) is 0 Å². The lowest BCUT2D eigenvalue weighted by atomic mass is 9.96. The number of benzene rings is 4. The van der Waals surface area contributed by atoms with Gasteiger partial charge in [-0.15, -0.1) is 0 Å². The van der Waals surface area contributed by atoms with Gasteiger partial charge in [-0.3, -0.25) is 0 Å². The number of hydrogen-bond acceptors (Lipinski definition) is 0. The number of rotatable bonds is 2. The second kappa shape index (κ2) is 5.75. The largest absolute Gasteiger partial charge is 0.0622 e. The Morgan fingerprint density at radius 3 is 1.92 bits per heavy atom. The highest BCUT2D eigenvalue weighted by atomic mass is 14.2. The Morgan fingerprint density at radius 1 is 0.560 bits per heavy atom. The molecule has 0 heteroatoms. The third kappa shape index (κ3) is 2.47. The molecular formula is C25H17. The highest BCUT2D eigenvalue weighted by molar-refractivity contribution is 5.84. The van der Waals surface area contributed by atoms with Crippen molar-refractivity contribution in [3.8, 4) is 33.4 Å². The van der Waals surface area contributed by atoms with Crippen LogP contribution in [0.1, 0.15) is 11.1 Å². The second-order valence-electron chi connectivity index (χ2n) is 6.56. The summed E-state index contributed by atoms with van der Waals surface area (Å²) < 4.78 is 0. The minimum atomic E-state index is 0.981. The molecule has 0 heterocycles. The predicted octanol–water partition coefficient (Wildman–Crippen LogP) is 6.39. The molecule has 0 nitrogen and oxygen atoms in total. The summed E-state index contributed by atoms with van der Waals surface area (Å²) in [6, 6.07) is 35.9. The van der Waals surface area contributed by atoms with Crippen molar-refractivity contribution in [2.75, 3.05) is 0 Å². The van der Waals surface area contributed by atoms with Gasteiger partial charge in [0.15, 0.2) is 0 Å². The zero-order valence-corrected chi connectivity index (χ0v) is 13.9. The first-order valence-electron chi connectivity index (χ1n) is 8.67. The first-order valence-corrected chi connectivity index (χ1v) is 8.67. The van der Waals surface area contributed by atoms with Crippen molar-refractivity contribution in [3.05, 3.63) is 108 Å². The van der Waals surface area contributed by atoms with Crippen molar-refractivity contribution in [2.45, 2.75) is 6.42 Å². The summed E-state index contributed by atoms with van der Waals surface area (Å²) >= 11 is 0.